The third kappa shape index (κ3) is 13.8. The Hall–Kier alpha value is 0.0569. The van der Waals surface area contributed by atoms with Gasteiger partial charge in [-0.3, -0.25) is 0 Å². The molecule has 0 fully saturated rings. The normalized spacial score (nSPS) is 13.2. The van der Waals surface area contributed by atoms with Gasteiger partial charge in [0.25, 0.3) is 0 Å². The Morgan fingerprint density at radius 3 is 1.15 bits per heavy atom. The zero-order valence-electron chi connectivity index (χ0n) is 18.8. The van der Waals surface area contributed by atoms with Crippen molar-refractivity contribution >= 4 is 8.80 Å². The van der Waals surface area contributed by atoms with Gasteiger partial charge in [-0.25, -0.2) is 0 Å². The first kappa shape index (κ1) is 27.1. The fourth-order valence-electron chi connectivity index (χ4n) is 3.72. The van der Waals surface area contributed by atoms with Crippen molar-refractivity contribution in [2.45, 2.75) is 122 Å². The van der Waals surface area contributed by atoms with Crippen LogP contribution in [0.25, 0.3) is 0 Å². The highest BCUT2D eigenvalue weighted by atomic mass is 28.4. The van der Waals surface area contributed by atoms with E-state index < -0.39 is 14.5 Å². The summed E-state index contributed by atoms with van der Waals surface area (Å²) in [4.78, 5) is 0. The van der Waals surface area contributed by atoms with Gasteiger partial charge in [0.15, 0.2) is 0 Å². The van der Waals surface area contributed by atoms with E-state index in [1.165, 1.54) is 89.9 Å². The molecule has 0 aromatic carbocycles. The molecule has 0 heterocycles. The molecular weight excluding hydrogens is 356 g/mol. The maximum absolute atomic E-state index is 10.3. The highest BCUT2D eigenvalue weighted by molar-refractivity contribution is 6.61. The SMILES string of the molecule is CCCCCCCCCCCCCCCCCCC(O)[Si](OC)(OC)OC. The molecule has 1 atom stereocenters. The summed E-state index contributed by atoms with van der Waals surface area (Å²) in [5.74, 6) is 0. The molecule has 0 rings (SSSR count). The largest absolute Gasteiger partial charge is 0.530 e. The Morgan fingerprint density at radius 1 is 0.556 bits per heavy atom. The van der Waals surface area contributed by atoms with Crippen molar-refractivity contribution in [3.63, 3.8) is 0 Å². The second-order valence-corrected chi connectivity index (χ2v) is 10.9. The molecule has 0 saturated carbocycles. The van der Waals surface area contributed by atoms with E-state index in [1.54, 1.807) is 21.3 Å². The molecule has 0 amide bonds. The Bertz CT molecular complexity index is 290. The van der Waals surface area contributed by atoms with Gasteiger partial charge in [0.1, 0.15) is 5.73 Å². The zero-order valence-corrected chi connectivity index (χ0v) is 19.8. The van der Waals surface area contributed by atoms with Crippen LogP contribution in [0.3, 0.4) is 0 Å². The Morgan fingerprint density at radius 2 is 0.852 bits per heavy atom. The van der Waals surface area contributed by atoms with Crippen molar-refractivity contribution in [1.29, 1.82) is 0 Å². The van der Waals surface area contributed by atoms with Gasteiger partial charge in [-0.15, -0.1) is 0 Å². The number of unbranched alkanes of at least 4 members (excludes halogenated alkanes) is 15. The summed E-state index contributed by atoms with van der Waals surface area (Å²) in [6, 6.07) is 0. The number of hydrogen-bond acceptors (Lipinski definition) is 4. The van der Waals surface area contributed by atoms with E-state index in [-0.39, 0.29) is 0 Å². The average Bonchev–Trinajstić information content (AvgIpc) is 2.69. The highest BCUT2D eigenvalue weighted by Gasteiger charge is 2.46. The molecule has 1 unspecified atom stereocenters. The fourth-order valence-corrected chi connectivity index (χ4v) is 5.59. The fraction of sp³-hybridized carbons (Fsp3) is 1.00. The van der Waals surface area contributed by atoms with Crippen LogP contribution in [0.5, 0.6) is 0 Å². The van der Waals surface area contributed by atoms with E-state index in [4.69, 9.17) is 13.3 Å². The van der Waals surface area contributed by atoms with Gasteiger partial charge in [0.2, 0.25) is 0 Å². The summed E-state index contributed by atoms with van der Waals surface area (Å²) in [5, 5.41) is 10.3. The van der Waals surface area contributed by atoms with Crippen LogP contribution in [-0.2, 0) is 13.3 Å². The van der Waals surface area contributed by atoms with Crippen molar-refractivity contribution in [3.05, 3.63) is 0 Å². The second kappa shape index (κ2) is 19.4. The molecule has 0 saturated heterocycles. The number of rotatable bonds is 21. The highest BCUT2D eigenvalue weighted by Crippen LogP contribution is 2.18. The van der Waals surface area contributed by atoms with Crippen LogP contribution in [0.2, 0.25) is 0 Å². The van der Waals surface area contributed by atoms with E-state index in [9.17, 15) is 5.11 Å². The van der Waals surface area contributed by atoms with Crippen LogP contribution in [0, 0.1) is 0 Å². The van der Waals surface area contributed by atoms with Crippen LogP contribution in [0.1, 0.15) is 116 Å². The summed E-state index contributed by atoms with van der Waals surface area (Å²) in [7, 11) is 1.78. The zero-order chi connectivity index (χ0) is 20.2. The topological polar surface area (TPSA) is 47.9 Å². The predicted octanol–water partition coefficient (Wildman–Crippen LogP) is 6.42. The molecule has 27 heavy (non-hydrogen) atoms. The Balaban J connectivity index is 3.34. The molecule has 0 aliphatic heterocycles. The van der Waals surface area contributed by atoms with Gasteiger partial charge < -0.3 is 18.4 Å². The average molecular weight is 405 g/mol. The summed E-state index contributed by atoms with van der Waals surface area (Å²) >= 11 is 0. The molecule has 0 aromatic heterocycles. The van der Waals surface area contributed by atoms with Crippen molar-refractivity contribution < 1.29 is 18.4 Å². The monoisotopic (exact) mass is 404 g/mol. The van der Waals surface area contributed by atoms with Gasteiger partial charge in [-0.1, -0.05) is 110 Å². The first-order valence-corrected chi connectivity index (χ1v) is 13.3. The minimum atomic E-state index is -2.87. The minimum Gasteiger partial charge on any atom is -0.389 e. The van der Waals surface area contributed by atoms with Crippen molar-refractivity contribution in [3.8, 4) is 0 Å². The lowest BCUT2D eigenvalue weighted by Gasteiger charge is -2.28. The molecule has 0 spiro atoms. The van der Waals surface area contributed by atoms with Crippen molar-refractivity contribution in [2.75, 3.05) is 21.3 Å². The third-order valence-electron chi connectivity index (χ3n) is 5.59. The standard InChI is InChI=1S/C22H48O4Si/c1-5-6-7-8-9-10-11-12-13-14-15-16-17-18-19-20-21-22(23)27(24-2,25-3)26-4/h22-23H,5-21H2,1-4H3. The van der Waals surface area contributed by atoms with Crippen molar-refractivity contribution in [1.82, 2.24) is 0 Å². The Labute approximate surface area is 170 Å². The summed E-state index contributed by atoms with van der Waals surface area (Å²) in [6.07, 6.45) is 22.4. The molecule has 164 valence electrons. The molecule has 0 aromatic rings. The van der Waals surface area contributed by atoms with Gasteiger partial charge in [-0.2, -0.15) is 0 Å². The number of aliphatic hydroxyl groups excluding tert-OH is 1. The van der Waals surface area contributed by atoms with Gasteiger partial charge in [0, 0.05) is 21.3 Å². The second-order valence-electron chi connectivity index (χ2n) is 7.82. The lowest BCUT2D eigenvalue weighted by Crippen LogP contribution is -2.54. The molecule has 5 heteroatoms. The summed E-state index contributed by atoms with van der Waals surface area (Å²) < 4.78 is 16.0. The van der Waals surface area contributed by atoms with Crippen LogP contribution in [0.15, 0.2) is 0 Å². The lowest BCUT2D eigenvalue weighted by molar-refractivity contribution is 0.0544. The molecule has 4 nitrogen and oxygen atoms in total. The lowest BCUT2D eigenvalue weighted by atomic mass is 10.0. The van der Waals surface area contributed by atoms with Gasteiger partial charge in [0.05, 0.1) is 0 Å². The van der Waals surface area contributed by atoms with E-state index >= 15 is 0 Å². The maximum atomic E-state index is 10.3. The van der Waals surface area contributed by atoms with Crippen LogP contribution >= 0.6 is 0 Å². The van der Waals surface area contributed by atoms with E-state index in [2.05, 4.69) is 6.92 Å². The number of aliphatic hydroxyl groups is 1. The van der Waals surface area contributed by atoms with Gasteiger partial charge in [-0.05, 0) is 6.42 Å². The quantitative estimate of drug-likeness (QED) is 0.177. The smallest absolute Gasteiger partial charge is 0.389 e. The molecule has 0 aliphatic rings. The van der Waals surface area contributed by atoms with E-state index in [0.29, 0.717) is 6.42 Å². The molecule has 0 radical (unpaired) electrons. The van der Waals surface area contributed by atoms with E-state index in [0.717, 1.165) is 12.8 Å². The van der Waals surface area contributed by atoms with Crippen LogP contribution < -0.4 is 0 Å². The summed E-state index contributed by atoms with van der Waals surface area (Å²) in [6.45, 7) is 2.28. The molecular formula is C22H48O4Si. The first-order chi connectivity index (χ1) is 13.2. The summed E-state index contributed by atoms with van der Waals surface area (Å²) in [5.41, 5.74) is -0.621. The van der Waals surface area contributed by atoms with Crippen molar-refractivity contribution in [2.24, 2.45) is 0 Å². The maximum Gasteiger partial charge on any atom is 0.530 e. The molecule has 0 aliphatic carbocycles. The predicted molar refractivity (Wildman–Crippen MR) is 117 cm³/mol. The minimum absolute atomic E-state index is 0.621. The van der Waals surface area contributed by atoms with E-state index in [1.807, 2.05) is 0 Å². The Kier molecular flexibility index (Phi) is 19.4. The molecule has 1 N–H and O–H groups in total. The first-order valence-electron chi connectivity index (χ1n) is 11.5. The number of hydrogen-bond donors (Lipinski definition) is 1. The molecule has 0 bridgehead atoms. The van der Waals surface area contributed by atoms with Crippen LogP contribution in [-0.4, -0.2) is 41.0 Å². The van der Waals surface area contributed by atoms with Gasteiger partial charge >= 0.3 is 8.80 Å². The third-order valence-corrected chi connectivity index (χ3v) is 8.40. The van der Waals surface area contributed by atoms with Crippen LogP contribution in [0.4, 0.5) is 0 Å².